The molecule has 4 rings (SSSR count). The summed E-state index contributed by atoms with van der Waals surface area (Å²) >= 11 is 12.4. The zero-order chi connectivity index (χ0) is 23.8. The van der Waals surface area contributed by atoms with Crippen LogP contribution < -0.4 is 10.2 Å². The van der Waals surface area contributed by atoms with Crippen LogP contribution in [0.15, 0.2) is 60.8 Å². The molecule has 0 amide bonds. The topological polar surface area (TPSA) is 31.4 Å². The summed E-state index contributed by atoms with van der Waals surface area (Å²) in [7, 11) is 0. The van der Waals surface area contributed by atoms with Crippen molar-refractivity contribution < 1.29 is 0 Å². The highest BCUT2D eigenvalue weighted by Gasteiger charge is 2.19. The first-order chi connectivity index (χ1) is 16.7. The van der Waals surface area contributed by atoms with Crippen LogP contribution in [0.25, 0.3) is 11.1 Å². The minimum Gasteiger partial charge on any atom is -0.370 e. The van der Waals surface area contributed by atoms with E-state index in [-0.39, 0.29) is 0 Å². The van der Waals surface area contributed by atoms with E-state index in [9.17, 15) is 0 Å². The maximum atomic E-state index is 6.25. The third-order valence-corrected chi connectivity index (χ3v) is 7.22. The smallest absolute Gasteiger partial charge is 0.126 e. The molecule has 4 nitrogen and oxygen atoms in total. The summed E-state index contributed by atoms with van der Waals surface area (Å²) in [4.78, 5) is 9.53. The highest BCUT2D eigenvalue weighted by molar-refractivity contribution is 6.19. The number of rotatable bonds is 10. The molecule has 0 radical (unpaired) electrons. The van der Waals surface area contributed by atoms with Crippen LogP contribution in [-0.4, -0.2) is 49.2 Å². The molecule has 0 unspecified atom stereocenters. The molecule has 2 aromatic carbocycles. The predicted molar refractivity (Wildman–Crippen MR) is 146 cm³/mol. The third kappa shape index (κ3) is 6.24. The molecule has 1 fully saturated rings. The number of benzene rings is 2. The molecule has 1 aliphatic heterocycles. The summed E-state index contributed by atoms with van der Waals surface area (Å²) in [6.45, 7) is 8.45. The summed E-state index contributed by atoms with van der Waals surface area (Å²) in [6.07, 6.45) is 4.20. The lowest BCUT2D eigenvalue weighted by Crippen LogP contribution is -2.47. The standard InChI is InChI=1S/C28H34Cl2N4/c1-22-7-2-3-9-25(22)23-11-13-32-28(19-23)31-12-4-5-14-33-15-17-34(18-16-33)27-10-6-8-24(20-29)26(27)21-30/h2-3,6-11,13,19H,4-5,12,14-18,20-21H2,1H3,(H,31,32). The molecule has 0 bridgehead atoms. The molecule has 0 saturated carbocycles. The van der Waals surface area contributed by atoms with Crippen molar-refractivity contribution in [2.24, 2.45) is 0 Å². The molecule has 1 aliphatic rings. The normalized spacial score (nSPS) is 14.4. The number of alkyl halides is 2. The zero-order valence-electron chi connectivity index (χ0n) is 19.9. The number of nitrogens with one attached hydrogen (secondary N) is 1. The molecule has 0 spiro atoms. The highest BCUT2D eigenvalue weighted by atomic mass is 35.5. The first-order valence-electron chi connectivity index (χ1n) is 12.2. The van der Waals surface area contributed by atoms with Crippen molar-refractivity contribution in [3.8, 4) is 11.1 Å². The van der Waals surface area contributed by atoms with Gasteiger partial charge in [-0.1, -0.05) is 36.4 Å². The molecule has 3 aromatic rings. The van der Waals surface area contributed by atoms with Gasteiger partial charge in [-0.15, -0.1) is 23.2 Å². The number of nitrogens with zero attached hydrogens (tertiary/aromatic N) is 3. The molecule has 1 N–H and O–H groups in total. The number of piperazine rings is 1. The number of anilines is 2. The maximum absolute atomic E-state index is 6.25. The van der Waals surface area contributed by atoms with Crippen molar-refractivity contribution in [2.45, 2.75) is 31.5 Å². The molecule has 2 heterocycles. The maximum Gasteiger partial charge on any atom is 0.126 e. The second-order valence-corrected chi connectivity index (χ2v) is 9.42. The van der Waals surface area contributed by atoms with Gasteiger partial charge in [-0.05, 0) is 72.3 Å². The molecule has 6 heteroatoms. The molecule has 0 aliphatic carbocycles. The van der Waals surface area contributed by atoms with Gasteiger partial charge in [0, 0.05) is 56.4 Å². The summed E-state index contributed by atoms with van der Waals surface area (Å²) in [5.41, 5.74) is 7.33. The Balaban J connectivity index is 1.19. The van der Waals surface area contributed by atoms with Gasteiger partial charge in [0.15, 0.2) is 0 Å². The largest absolute Gasteiger partial charge is 0.370 e. The van der Waals surface area contributed by atoms with E-state index >= 15 is 0 Å². The Morgan fingerprint density at radius 1 is 0.912 bits per heavy atom. The van der Waals surface area contributed by atoms with Gasteiger partial charge in [0.2, 0.25) is 0 Å². The number of aromatic nitrogens is 1. The summed E-state index contributed by atoms with van der Waals surface area (Å²) in [5, 5.41) is 3.50. The molecule has 1 saturated heterocycles. The molecule has 180 valence electrons. The monoisotopic (exact) mass is 496 g/mol. The van der Waals surface area contributed by atoms with Gasteiger partial charge in [0.05, 0.1) is 0 Å². The Kier molecular flexibility index (Phi) is 9.09. The minimum absolute atomic E-state index is 0.508. The third-order valence-electron chi connectivity index (χ3n) is 6.66. The van der Waals surface area contributed by atoms with Crippen LogP contribution in [0, 0.1) is 6.92 Å². The van der Waals surface area contributed by atoms with E-state index in [0.29, 0.717) is 11.8 Å². The Hall–Kier alpha value is -2.27. The van der Waals surface area contributed by atoms with Crippen molar-refractivity contribution >= 4 is 34.7 Å². The van der Waals surface area contributed by atoms with Gasteiger partial charge in [-0.2, -0.15) is 0 Å². The average molecular weight is 498 g/mol. The fourth-order valence-corrected chi connectivity index (χ4v) is 5.24. The van der Waals surface area contributed by atoms with Gasteiger partial charge in [0.1, 0.15) is 5.82 Å². The van der Waals surface area contributed by atoms with Gasteiger partial charge >= 0.3 is 0 Å². The number of hydrogen-bond donors (Lipinski definition) is 1. The Morgan fingerprint density at radius 2 is 1.74 bits per heavy atom. The molecular formula is C28H34Cl2N4. The van der Waals surface area contributed by atoms with Crippen molar-refractivity contribution in [1.82, 2.24) is 9.88 Å². The van der Waals surface area contributed by atoms with Gasteiger partial charge in [-0.3, -0.25) is 4.90 Å². The summed E-state index contributed by atoms with van der Waals surface area (Å²) in [6, 6.07) is 19.1. The molecule has 1 aromatic heterocycles. The van der Waals surface area contributed by atoms with Crippen molar-refractivity contribution in [3.05, 3.63) is 77.5 Å². The van der Waals surface area contributed by atoms with Crippen LogP contribution >= 0.6 is 23.2 Å². The van der Waals surface area contributed by atoms with Crippen molar-refractivity contribution in [3.63, 3.8) is 0 Å². The van der Waals surface area contributed by atoms with Crippen molar-refractivity contribution in [1.29, 1.82) is 0 Å². The number of hydrogen-bond acceptors (Lipinski definition) is 4. The first-order valence-corrected chi connectivity index (χ1v) is 13.2. The SMILES string of the molecule is Cc1ccccc1-c1ccnc(NCCCCN2CCN(c3cccc(CCl)c3CCl)CC2)c1. The van der Waals surface area contributed by atoms with E-state index in [2.05, 4.69) is 81.6 Å². The summed E-state index contributed by atoms with van der Waals surface area (Å²) < 4.78 is 0. The molecular weight excluding hydrogens is 463 g/mol. The number of pyridine rings is 1. The van der Waals surface area contributed by atoms with E-state index < -0.39 is 0 Å². The lowest BCUT2D eigenvalue weighted by molar-refractivity contribution is 0.253. The van der Waals surface area contributed by atoms with Crippen molar-refractivity contribution in [2.75, 3.05) is 49.5 Å². The number of unbranched alkanes of at least 4 members (excludes halogenated alkanes) is 1. The quantitative estimate of drug-likeness (QED) is 0.254. The Labute approximate surface area is 213 Å². The van der Waals surface area contributed by atoms with Crippen LogP contribution in [0.4, 0.5) is 11.5 Å². The van der Waals surface area contributed by atoms with Gasteiger partial charge < -0.3 is 10.2 Å². The van der Waals surface area contributed by atoms with E-state index in [1.807, 2.05) is 6.20 Å². The number of halogens is 2. The van der Waals surface area contributed by atoms with E-state index in [1.54, 1.807) is 0 Å². The lowest BCUT2D eigenvalue weighted by Gasteiger charge is -2.37. The fraction of sp³-hybridized carbons (Fsp3) is 0.393. The second-order valence-electron chi connectivity index (χ2n) is 8.89. The zero-order valence-corrected chi connectivity index (χ0v) is 21.5. The van der Waals surface area contributed by atoms with Gasteiger partial charge in [-0.25, -0.2) is 4.98 Å². The fourth-order valence-electron chi connectivity index (χ4n) is 4.68. The van der Waals surface area contributed by atoms with Crippen LogP contribution in [-0.2, 0) is 11.8 Å². The Morgan fingerprint density at radius 3 is 2.50 bits per heavy atom. The van der Waals surface area contributed by atoms with Gasteiger partial charge in [0.25, 0.3) is 0 Å². The predicted octanol–water partition coefficient (Wildman–Crippen LogP) is 6.55. The lowest BCUT2D eigenvalue weighted by atomic mass is 10.0. The minimum atomic E-state index is 0.508. The molecule has 34 heavy (non-hydrogen) atoms. The highest BCUT2D eigenvalue weighted by Crippen LogP contribution is 2.28. The summed E-state index contributed by atoms with van der Waals surface area (Å²) in [5.74, 6) is 1.97. The van der Waals surface area contributed by atoms with E-state index in [1.165, 1.54) is 34.4 Å². The van der Waals surface area contributed by atoms with Crippen LogP contribution in [0.3, 0.4) is 0 Å². The van der Waals surface area contributed by atoms with E-state index in [4.69, 9.17) is 23.2 Å². The van der Waals surface area contributed by atoms with E-state index in [0.717, 1.165) is 57.1 Å². The van der Waals surface area contributed by atoms with Crippen LogP contribution in [0.1, 0.15) is 29.5 Å². The Bertz CT molecular complexity index is 1060. The van der Waals surface area contributed by atoms with Crippen LogP contribution in [0.2, 0.25) is 0 Å². The second kappa shape index (κ2) is 12.4. The average Bonchev–Trinajstić information content (AvgIpc) is 2.89. The molecule has 0 atom stereocenters. The van der Waals surface area contributed by atoms with Crippen LogP contribution in [0.5, 0.6) is 0 Å². The first kappa shape index (κ1) is 24.8. The number of aryl methyl sites for hydroxylation is 1.